The second-order valence-corrected chi connectivity index (χ2v) is 3.30. The second kappa shape index (κ2) is 3.67. The summed E-state index contributed by atoms with van der Waals surface area (Å²) in [4.78, 5) is 11.0. The number of carbonyl (C=O) groups is 1. The Hall–Kier alpha value is -1.55. The fourth-order valence-electron chi connectivity index (χ4n) is 1.08. The molecule has 0 aliphatic carbocycles. The Morgan fingerprint density at radius 2 is 1.86 bits per heavy atom. The second-order valence-electron chi connectivity index (χ2n) is 3.30. The molecule has 4 N–H and O–H groups in total. The fourth-order valence-corrected chi connectivity index (χ4v) is 1.08. The van der Waals surface area contributed by atoms with E-state index in [0.29, 0.717) is 11.3 Å². The first-order chi connectivity index (χ1) is 6.48. The van der Waals surface area contributed by atoms with Gasteiger partial charge in [-0.2, -0.15) is 0 Å². The van der Waals surface area contributed by atoms with E-state index in [4.69, 9.17) is 16.2 Å². The van der Waals surface area contributed by atoms with Crippen LogP contribution in [0.25, 0.3) is 0 Å². The van der Waals surface area contributed by atoms with E-state index in [-0.39, 0.29) is 0 Å². The third-order valence-electron chi connectivity index (χ3n) is 2.20. The van der Waals surface area contributed by atoms with E-state index < -0.39 is 11.4 Å². The summed E-state index contributed by atoms with van der Waals surface area (Å²) < 4.78 is 4.99. The van der Waals surface area contributed by atoms with Crippen molar-refractivity contribution in [2.24, 2.45) is 11.5 Å². The molecule has 0 saturated heterocycles. The number of primary amides is 1. The smallest absolute Gasteiger partial charge is 0.241 e. The first-order valence-electron chi connectivity index (χ1n) is 4.22. The molecule has 14 heavy (non-hydrogen) atoms. The average Bonchev–Trinajstić information content (AvgIpc) is 2.17. The highest BCUT2D eigenvalue weighted by Crippen LogP contribution is 2.20. The van der Waals surface area contributed by atoms with Crippen LogP contribution in [0, 0.1) is 0 Å². The van der Waals surface area contributed by atoms with Crippen LogP contribution >= 0.6 is 0 Å². The molecule has 1 rings (SSSR count). The normalized spacial score (nSPS) is 14.5. The molecule has 0 aromatic heterocycles. The van der Waals surface area contributed by atoms with Crippen LogP contribution in [-0.2, 0) is 10.3 Å². The van der Waals surface area contributed by atoms with E-state index in [1.807, 2.05) is 0 Å². The van der Waals surface area contributed by atoms with Crippen molar-refractivity contribution in [2.45, 2.75) is 12.5 Å². The van der Waals surface area contributed by atoms with Crippen molar-refractivity contribution in [3.05, 3.63) is 29.8 Å². The van der Waals surface area contributed by atoms with Gasteiger partial charge in [0.05, 0.1) is 7.11 Å². The summed E-state index contributed by atoms with van der Waals surface area (Å²) in [5.41, 5.74) is 10.5. The Labute approximate surface area is 82.8 Å². The van der Waals surface area contributed by atoms with Gasteiger partial charge in [0.15, 0.2) is 0 Å². The largest absolute Gasteiger partial charge is 0.497 e. The molecule has 0 heterocycles. The maximum Gasteiger partial charge on any atom is 0.241 e. The van der Waals surface area contributed by atoms with Crippen molar-refractivity contribution in [1.82, 2.24) is 0 Å². The van der Waals surface area contributed by atoms with Gasteiger partial charge in [-0.3, -0.25) is 4.79 Å². The maximum atomic E-state index is 11.0. The van der Waals surface area contributed by atoms with Crippen molar-refractivity contribution in [3.8, 4) is 5.75 Å². The number of hydrogen-bond donors (Lipinski definition) is 2. The molecule has 0 radical (unpaired) electrons. The lowest BCUT2D eigenvalue weighted by Crippen LogP contribution is -2.46. The molecule has 0 spiro atoms. The van der Waals surface area contributed by atoms with Gasteiger partial charge < -0.3 is 16.2 Å². The topological polar surface area (TPSA) is 78.3 Å². The Kier molecular flexibility index (Phi) is 2.76. The molecule has 4 nitrogen and oxygen atoms in total. The fraction of sp³-hybridized carbons (Fsp3) is 0.300. The van der Waals surface area contributed by atoms with Gasteiger partial charge in [0.25, 0.3) is 0 Å². The minimum Gasteiger partial charge on any atom is -0.497 e. The molecule has 0 bridgehead atoms. The highest BCUT2D eigenvalue weighted by Gasteiger charge is 2.27. The molecular weight excluding hydrogens is 180 g/mol. The quantitative estimate of drug-likeness (QED) is 0.729. The molecule has 0 aliphatic rings. The lowest BCUT2D eigenvalue weighted by molar-refractivity contribution is -0.122. The highest BCUT2D eigenvalue weighted by molar-refractivity contribution is 5.85. The van der Waals surface area contributed by atoms with Crippen molar-refractivity contribution in [3.63, 3.8) is 0 Å². The van der Waals surface area contributed by atoms with Crippen LogP contribution in [0.2, 0.25) is 0 Å². The van der Waals surface area contributed by atoms with Gasteiger partial charge in [0.1, 0.15) is 11.3 Å². The molecular formula is C10H14N2O2. The van der Waals surface area contributed by atoms with Crippen molar-refractivity contribution >= 4 is 5.91 Å². The zero-order valence-electron chi connectivity index (χ0n) is 8.28. The SMILES string of the molecule is COc1ccc([C@@](C)(N)C(N)=O)cc1. The minimum absolute atomic E-state index is 0.553. The van der Waals surface area contributed by atoms with Gasteiger partial charge in [0, 0.05) is 0 Å². The lowest BCUT2D eigenvalue weighted by atomic mass is 9.93. The van der Waals surface area contributed by atoms with Crippen molar-refractivity contribution < 1.29 is 9.53 Å². The highest BCUT2D eigenvalue weighted by atomic mass is 16.5. The summed E-state index contributed by atoms with van der Waals surface area (Å²) >= 11 is 0. The Morgan fingerprint density at radius 3 is 2.21 bits per heavy atom. The molecule has 76 valence electrons. The predicted octanol–water partition coefficient (Wildman–Crippen LogP) is 0.354. The van der Waals surface area contributed by atoms with E-state index in [1.165, 1.54) is 0 Å². The van der Waals surface area contributed by atoms with E-state index in [1.54, 1.807) is 38.3 Å². The Morgan fingerprint density at radius 1 is 1.36 bits per heavy atom. The molecule has 1 atom stereocenters. The summed E-state index contributed by atoms with van der Waals surface area (Å²) in [6, 6.07) is 6.93. The summed E-state index contributed by atoms with van der Waals surface area (Å²) in [7, 11) is 1.57. The minimum atomic E-state index is -1.13. The maximum absolute atomic E-state index is 11.0. The van der Waals surface area contributed by atoms with Gasteiger partial charge in [-0.05, 0) is 24.6 Å². The summed E-state index contributed by atoms with van der Waals surface area (Å²) in [6.07, 6.45) is 0. The summed E-state index contributed by atoms with van der Waals surface area (Å²) in [6.45, 7) is 1.58. The summed E-state index contributed by atoms with van der Waals surface area (Å²) in [5.74, 6) is 0.164. The Balaban J connectivity index is 3.02. The number of hydrogen-bond acceptors (Lipinski definition) is 3. The predicted molar refractivity (Wildman–Crippen MR) is 53.7 cm³/mol. The molecule has 1 aromatic carbocycles. The van der Waals surface area contributed by atoms with E-state index in [2.05, 4.69) is 0 Å². The number of nitrogens with two attached hydrogens (primary N) is 2. The van der Waals surface area contributed by atoms with Crippen LogP contribution < -0.4 is 16.2 Å². The number of amides is 1. The summed E-state index contributed by atoms with van der Waals surface area (Å²) in [5, 5.41) is 0. The van der Waals surface area contributed by atoms with Gasteiger partial charge >= 0.3 is 0 Å². The number of carbonyl (C=O) groups excluding carboxylic acids is 1. The van der Waals surface area contributed by atoms with Crippen LogP contribution in [0.4, 0.5) is 0 Å². The van der Waals surface area contributed by atoms with E-state index in [9.17, 15) is 4.79 Å². The lowest BCUT2D eigenvalue weighted by Gasteiger charge is -2.20. The van der Waals surface area contributed by atoms with Crippen molar-refractivity contribution in [2.75, 3.05) is 7.11 Å². The van der Waals surface area contributed by atoms with Crippen LogP contribution in [0.1, 0.15) is 12.5 Å². The molecule has 1 aromatic rings. The molecule has 4 heteroatoms. The Bertz CT molecular complexity index is 330. The third-order valence-corrected chi connectivity index (χ3v) is 2.20. The van der Waals surface area contributed by atoms with Gasteiger partial charge in [0.2, 0.25) is 5.91 Å². The van der Waals surface area contributed by atoms with Gasteiger partial charge in [-0.1, -0.05) is 12.1 Å². The van der Waals surface area contributed by atoms with Crippen LogP contribution in [0.3, 0.4) is 0 Å². The van der Waals surface area contributed by atoms with Crippen molar-refractivity contribution in [1.29, 1.82) is 0 Å². The standard InChI is InChI=1S/C10H14N2O2/c1-10(12,9(11)13)7-3-5-8(14-2)6-4-7/h3-6H,12H2,1-2H3,(H2,11,13)/t10-/m1/s1. The number of ether oxygens (including phenoxy) is 1. The van der Waals surface area contributed by atoms with Crippen LogP contribution in [0.5, 0.6) is 5.75 Å². The van der Waals surface area contributed by atoms with Crippen LogP contribution in [0.15, 0.2) is 24.3 Å². The third kappa shape index (κ3) is 1.85. The first kappa shape index (κ1) is 10.5. The van der Waals surface area contributed by atoms with E-state index in [0.717, 1.165) is 0 Å². The zero-order valence-corrected chi connectivity index (χ0v) is 8.28. The number of methoxy groups -OCH3 is 1. The van der Waals surface area contributed by atoms with Crippen LogP contribution in [-0.4, -0.2) is 13.0 Å². The monoisotopic (exact) mass is 194 g/mol. The molecule has 0 saturated carbocycles. The number of rotatable bonds is 3. The first-order valence-corrected chi connectivity index (χ1v) is 4.22. The molecule has 0 fully saturated rings. The van der Waals surface area contributed by atoms with Gasteiger partial charge in [-0.25, -0.2) is 0 Å². The van der Waals surface area contributed by atoms with E-state index >= 15 is 0 Å². The molecule has 0 aliphatic heterocycles. The number of benzene rings is 1. The average molecular weight is 194 g/mol. The van der Waals surface area contributed by atoms with Gasteiger partial charge in [-0.15, -0.1) is 0 Å². The molecule has 0 unspecified atom stereocenters. The molecule has 1 amide bonds. The zero-order chi connectivity index (χ0) is 10.8.